The van der Waals surface area contributed by atoms with Gasteiger partial charge >= 0.3 is 5.88 Å². The first-order chi connectivity index (χ1) is 10.1. The highest BCUT2D eigenvalue weighted by Gasteiger charge is 2.11. The fourth-order valence-electron chi connectivity index (χ4n) is 2.02. The molecule has 3 rings (SSSR count). The molecule has 0 spiro atoms. The molecule has 0 N–H and O–H groups in total. The second kappa shape index (κ2) is 5.09. The Kier molecular flexibility index (Phi) is 3.12. The van der Waals surface area contributed by atoms with Crippen LogP contribution in [-0.2, 0) is 0 Å². The van der Waals surface area contributed by atoms with Crippen molar-refractivity contribution in [3.63, 3.8) is 0 Å². The van der Waals surface area contributed by atoms with Crippen LogP contribution in [0.1, 0.15) is 11.5 Å². The number of furan rings is 1. The topological polar surface area (TPSA) is 83.2 Å². The lowest BCUT2D eigenvalue weighted by atomic mass is 10.2. The fraction of sp³-hybridized carbons (Fsp3) is 0. The predicted molar refractivity (Wildman–Crippen MR) is 77.2 cm³/mol. The fourth-order valence-corrected chi connectivity index (χ4v) is 2.02. The molecule has 0 fully saturated rings. The Morgan fingerprint density at radius 1 is 1.05 bits per heavy atom. The lowest BCUT2D eigenvalue weighted by Crippen LogP contribution is -2.30. The van der Waals surface area contributed by atoms with Gasteiger partial charge in [-0.25, -0.2) is 0 Å². The van der Waals surface area contributed by atoms with Crippen LogP contribution in [0.3, 0.4) is 0 Å². The van der Waals surface area contributed by atoms with E-state index in [2.05, 4.69) is 0 Å². The summed E-state index contributed by atoms with van der Waals surface area (Å²) in [4.78, 5) is 9.91. The maximum Gasteiger partial charge on any atom is 0.433 e. The lowest BCUT2D eigenvalue weighted by molar-refractivity contribution is -0.579. The van der Waals surface area contributed by atoms with Gasteiger partial charge in [-0.1, -0.05) is 12.1 Å². The average molecular weight is 282 g/mol. The standard InChI is InChI=1S/C15H10N2O4/c18-16-12(6-5-11-3-1-2-4-14(11)16)7-8-13-9-10-15(21-13)17(19)20/h1-10H/b8-7+. The maximum absolute atomic E-state index is 12.2. The molecule has 1 aromatic carbocycles. The van der Waals surface area contributed by atoms with Crippen LogP contribution in [0.25, 0.3) is 23.1 Å². The van der Waals surface area contributed by atoms with Gasteiger partial charge in [0.1, 0.15) is 10.7 Å². The van der Waals surface area contributed by atoms with Gasteiger partial charge in [-0.05, 0) is 24.3 Å². The van der Waals surface area contributed by atoms with Gasteiger partial charge < -0.3 is 9.62 Å². The van der Waals surface area contributed by atoms with Crippen LogP contribution >= 0.6 is 0 Å². The van der Waals surface area contributed by atoms with Crippen molar-refractivity contribution in [1.29, 1.82) is 0 Å². The Morgan fingerprint density at radius 3 is 2.62 bits per heavy atom. The summed E-state index contributed by atoms with van der Waals surface area (Å²) in [6.07, 6.45) is 3.08. The molecule has 0 aliphatic rings. The highest BCUT2D eigenvalue weighted by Crippen LogP contribution is 2.18. The summed E-state index contributed by atoms with van der Waals surface area (Å²) in [5.74, 6) is -0.0157. The Morgan fingerprint density at radius 2 is 1.86 bits per heavy atom. The second-order valence-electron chi connectivity index (χ2n) is 4.38. The highest BCUT2D eigenvalue weighted by molar-refractivity contribution is 5.77. The van der Waals surface area contributed by atoms with Gasteiger partial charge in [-0.3, -0.25) is 10.1 Å². The molecular formula is C15H10N2O4. The molecule has 104 valence electrons. The van der Waals surface area contributed by atoms with Gasteiger partial charge in [-0.2, -0.15) is 4.73 Å². The van der Waals surface area contributed by atoms with Gasteiger partial charge in [-0.15, -0.1) is 0 Å². The smallest absolute Gasteiger partial charge is 0.433 e. The minimum atomic E-state index is -0.610. The minimum absolute atomic E-state index is 0.315. The van der Waals surface area contributed by atoms with Crippen LogP contribution in [0, 0.1) is 15.3 Å². The summed E-state index contributed by atoms with van der Waals surface area (Å²) in [6, 6.07) is 13.5. The monoisotopic (exact) mass is 282 g/mol. The SMILES string of the molecule is O=[N+]([O-])c1ccc(/C=C/c2ccc3ccccc3[n+]2[O-])o1. The number of nitro groups is 1. The number of benzene rings is 1. The molecular weight excluding hydrogens is 272 g/mol. The van der Waals surface area contributed by atoms with E-state index in [4.69, 9.17) is 4.42 Å². The molecule has 0 radical (unpaired) electrons. The number of rotatable bonds is 3. The van der Waals surface area contributed by atoms with E-state index in [0.29, 0.717) is 17.0 Å². The van der Waals surface area contributed by atoms with Crippen LogP contribution in [0.2, 0.25) is 0 Å². The molecule has 0 aliphatic heterocycles. The van der Waals surface area contributed by atoms with Crippen molar-refractivity contribution in [2.75, 3.05) is 0 Å². The normalized spacial score (nSPS) is 11.2. The van der Waals surface area contributed by atoms with E-state index in [1.54, 1.807) is 24.3 Å². The van der Waals surface area contributed by atoms with Crippen molar-refractivity contribution in [3.8, 4) is 0 Å². The van der Waals surface area contributed by atoms with Gasteiger partial charge in [0.05, 0.1) is 6.07 Å². The summed E-state index contributed by atoms with van der Waals surface area (Å²) in [5, 5.41) is 23.6. The summed E-state index contributed by atoms with van der Waals surface area (Å²) in [6.45, 7) is 0. The molecule has 0 aliphatic carbocycles. The van der Waals surface area contributed by atoms with Crippen LogP contribution in [0.4, 0.5) is 5.88 Å². The van der Waals surface area contributed by atoms with Crippen molar-refractivity contribution < 1.29 is 14.1 Å². The van der Waals surface area contributed by atoms with Gasteiger partial charge in [0.15, 0.2) is 0 Å². The molecule has 0 unspecified atom stereocenters. The number of nitrogens with zero attached hydrogens (tertiary/aromatic N) is 2. The summed E-state index contributed by atoms with van der Waals surface area (Å²) < 4.78 is 5.81. The third-order valence-corrected chi connectivity index (χ3v) is 3.03. The largest absolute Gasteiger partial charge is 0.618 e. The van der Waals surface area contributed by atoms with E-state index >= 15 is 0 Å². The first-order valence-corrected chi connectivity index (χ1v) is 6.19. The molecule has 0 bridgehead atoms. The first-order valence-electron chi connectivity index (χ1n) is 6.19. The number of pyridine rings is 1. The molecule has 0 saturated heterocycles. The zero-order valence-corrected chi connectivity index (χ0v) is 10.8. The Balaban J connectivity index is 1.95. The summed E-state index contributed by atoms with van der Waals surface area (Å²) >= 11 is 0. The zero-order chi connectivity index (χ0) is 14.8. The number of fused-ring (bicyclic) bond motifs is 1. The van der Waals surface area contributed by atoms with Gasteiger partial charge in [0, 0.05) is 23.6 Å². The van der Waals surface area contributed by atoms with E-state index in [-0.39, 0.29) is 5.88 Å². The number of hydrogen-bond acceptors (Lipinski definition) is 4. The maximum atomic E-state index is 12.2. The molecule has 2 aromatic heterocycles. The van der Waals surface area contributed by atoms with Crippen LogP contribution in [-0.4, -0.2) is 4.92 Å². The Bertz CT molecular complexity index is 852. The van der Waals surface area contributed by atoms with E-state index in [0.717, 1.165) is 10.1 Å². The van der Waals surface area contributed by atoms with Crippen molar-refractivity contribution >= 4 is 28.9 Å². The zero-order valence-electron chi connectivity index (χ0n) is 10.8. The summed E-state index contributed by atoms with van der Waals surface area (Å²) in [7, 11) is 0. The summed E-state index contributed by atoms with van der Waals surface area (Å²) in [5.41, 5.74) is 0.984. The first kappa shape index (κ1) is 12.9. The third-order valence-electron chi connectivity index (χ3n) is 3.03. The van der Waals surface area contributed by atoms with Crippen LogP contribution in [0.15, 0.2) is 52.9 Å². The molecule has 6 heteroatoms. The molecule has 0 saturated carbocycles. The minimum Gasteiger partial charge on any atom is -0.618 e. The Hall–Kier alpha value is -3.15. The van der Waals surface area contributed by atoms with E-state index in [1.807, 2.05) is 18.2 Å². The molecule has 0 amide bonds. The average Bonchev–Trinajstić information content (AvgIpc) is 2.96. The van der Waals surface area contributed by atoms with Crippen molar-refractivity contribution in [2.24, 2.45) is 0 Å². The van der Waals surface area contributed by atoms with Crippen LogP contribution in [0.5, 0.6) is 0 Å². The third kappa shape index (κ3) is 2.46. The molecule has 21 heavy (non-hydrogen) atoms. The second-order valence-corrected chi connectivity index (χ2v) is 4.38. The quantitative estimate of drug-likeness (QED) is 0.320. The number of hydrogen-bond donors (Lipinski definition) is 0. The van der Waals surface area contributed by atoms with Gasteiger partial charge in [0.25, 0.3) is 0 Å². The van der Waals surface area contributed by atoms with E-state index in [9.17, 15) is 15.3 Å². The van der Waals surface area contributed by atoms with Crippen LogP contribution < -0.4 is 4.73 Å². The van der Waals surface area contributed by atoms with Crippen molar-refractivity contribution in [3.05, 3.63) is 75.3 Å². The number of aromatic nitrogens is 1. The molecule has 6 nitrogen and oxygen atoms in total. The predicted octanol–water partition coefficient (Wildman–Crippen LogP) is 3.14. The molecule has 3 aromatic rings. The molecule has 0 atom stereocenters. The van der Waals surface area contributed by atoms with E-state index < -0.39 is 4.92 Å². The van der Waals surface area contributed by atoms with Crippen molar-refractivity contribution in [1.82, 2.24) is 0 Å². The van der Waals surface area contributed by atoms with Crippen molar-refractivity contribution in [2.45, 2.75) is 0 Å². The molecule has 2 heterocycles. The van der Waals surface area contributed by atoms with Gasteiger partial charge in [0.2, 0.25) is 11.2 Å². The Labute approximate surface area is 119 Å². The number of para-hydroxylation sites is 1. The van der Waals surface area contributed by atoms with E-state index in [1.165, 1.54) is 18.2 Å². The lowest BCUT2D eigenvalue weighted by Gasteiger charge is -2.04. The highest BCUT2D eigenvalue weighted by atomic mass is 16.6.